The first kappa shape index (κ1) is 9.33. The van der Waals surface area contributed by atoms with Gasteiger partial charge in [-0.1, -0.05) is 22.9 Å². The summed E-state index contributed by atoms with van der Waals surface area (Å²) in [5.41, 5.74) is 1.21. The summed E-state index contributed by atoms with van der Waals surface area (Å²) in [6.45, 7) is 4.16. The van der Waals surface area contributed by atoms with Gasteiger partial charge in [0.05, 0.1) is 0 Å². The summed E-state index contributed by atoms with van der Waals surface area (Å²) in [5.74, 6) is 1.06. The minimum Gasteiger partial charge on any atom is -0.454 e. The van der Waals surface area contributed by atoms with E-state index in [0.29, 0.717) is 4.83 Å². The molecule has 1 aromatic rings. The Balaban J connectivity index is 2.77. The minimum absolute atomic E-state index is 0.472. The standard InChI is InChI=1S/C8H10Br2O/c1-5-3-8(10)11-7(5)4-6(2)9/h3,6H,4H2,1-2H3. The molecule has 0 radical (unpaired) electrons. The largest absolute Gasteiger partial charge is 0.454 e. The van der Waals surface area contributed by atoms with Gasteiger partial charge in [-0.25, -0.2) is 0 Å². The van der Waals surface area contributed by atoms with Gasteiger partial charge in [-0.2, -0.15) is 0 Å². The van der Waals surface area contributed by atoms with Crippen LogP contribution in [0.25, 0.3) is 0 Å². The summed E-state index contributed by atoms with van der Waals surface area (Å²) in [5, 5.41) is 0. The molecule has 0 fully saturated rings. The fourth-order valence-electron chi connectivity index (χ4n) is 0.936. The average molecular weight is 282 g/mol. The Morgan fingerprint density at radius 2 is 2.27 bits per heavy atom. The molecule has 62 valence electrons. The van der Waals surface area contributed by atoms with Crippen molar-refractivity contribution in [1.29, 1.82) is 0 Å². The maximum absolute atomic E-state index is 5.41. The van der Waals surface area contributed by atoms with E-state index >= 15 is 0 Å². The van der Waals surface area contributed by atoms with E-state index in [-0.39, 0.29) is 0 Å². The zero-order chi connectivity index (χ0) is 8.43. The van der Waals surface area contributed by atoms with Crippen LogP contribution < -0.4 is 0 Å². The molecule has 0 spiro atoms. The van der Waals surface area contributed by atoms with E-state index in [0.717, 1.165) is 16.9 Å². The third kappa shape index (κ3) is 2.64. The number of rotatable bonds is 2. The van der Waals surface area contributed by atoms with Crippen LogP contribution >= 0.6 is 31.9 Å². The van der Waals surface area contributed by atoms with Gasteiger partial charge >= 0.3 is 0 Å². The highest BCUT2D eigenvalue weighted by Gasteiger charge is 2.07. The van der Waals surface area contributed by atoms with Crippen LogP contribution in [0.5, 0.6) is 0 Å². The molecule has 0 amide bonds. The molecular formula is C8H10Br2O. The second-order valence-electron chi connectivity index (χ2n) is 2.64. The lowest BCUT2D eigenvalue weighted by Gasteiger charge is -1.99. The van der Waals surface area contributed by atoms with Gasteiger partial charge in [0.15, 0.2) is 4.67 Å². The van der Waals surface area contributed by atoms with E-state index in [1.807, 2.05) is 6.07 Å². The van der Waals surface area contributed by atoms with Crippen LogP contribution in [-0.4, -0.2) is 4.83 Å². The first-order valence-electron chi connectivity index (χ1n) is 3.48. The first-order valence-corrected chi connectivity index (χ1v) is 5.19. The van der Waals surface area contributed by atoms with E-state index in [1.54, 1.807) is 0 Å². The van der Waals surface area contributed by atoms with Crippen LogP contribution in [0, 0.1) is 6.92 Å². The van der Waals surface area contributed by atoms with Crippen LogP contribution in [0.2, 0.25) is 0 Å². The molecule has 0 saturated carbocycles. The van der Waals surface area contributed by atoms with Crippen LogP contribution in [0.4, 0.5) is 0 Å². The van der Waals surface area contributed by atoms with Crippen molar-refractivity contribution in [1.82, 2.24) is 0 Å². The fraction of sp³-hybridized carbons (Fsp3) is 0.500. The molecule has 0 aliphatic heterocycles. The Morgan fingerprint density at radius 1 is 1.64 bits per heavy atom. The van der Waals surface area contributed by atoms with E-state index in [9.17, 15) is 0 Å². The maximum atomic E-state index is 5.41. The SMILES string of the molecule is Cc1cc(Br)oc1CC(C)Br. The number of hydrogen-bond donors (Lipinski definition) is 0. The zero-order valence-electron chi connectivity index (χ0n) is 6.53. The van der Waals surface area contributed by atoms with Crippen LogP contribution in [0.15, 0.2) is 15.2 Å². The Hall–Kier alpha value is 0.240. The van der Waals surface area contributed by atoms with Gasteiger partial charge in [-0.05, 0) is 34.5 Å². The van der Waals surface area contributed by atoms with Gasteiger partial charge in [-0.3, -0.25) is 0 Å². The van der Waals surface area contributed by atoms with Gasteiger partial charge in [-0.15, -0.1) is 0 Å². The summed E-state index contributed by atoms with van der Waals surface area (Å²) in [6.07, 6.45) is 0.942. The Bertz CT molecular complexity index is 240. The van der Waals surface area contributed by atoms with Crippen molar-refractivity contribution in [3.8, 4) is 0 Å². The monoisotopic (exact) mass is 280 g/mol. The molecule has 0 saturated heterocycles. The number of furan rings is 1. The third-order valence-electron chi connectivity index (χ3n) is 1.46. The van der Waals surface area contributed by atoms with Gasteiger partial charge in [0, 0.05) is 11.2 Å². The van der Waals surface area contributed by atoms with Gasteiger partial charge in [0.2, 0.25) is 0 Å². The molecule has 1 unspecified atom stereocenters. The Morgan fingerprint density at radius 3 is 2.64 bits per heavy atom. The van der Waals surface area contributed by atoms with E-state index in [1.165, 1.54) is 5.56 Å². The lowest BCUT2D eigenvalue weighted by Crippen LogP contribution is -1.95. The average Bonchev–Trinajstić information content (AvgIpc) is 2.09. The minimum atomic E-state index is 0.472. The molecule has 11 heavy (non-hydrogen) atoms. The van der Waals surface area contributed by atoms with Crippen molar-refractivity contribution in [3.63, 3.8) is 0 Å². The summed E-state index contributed by atoms with van der Waals surface area (Å²) >= 11 is 6.77. The number of aryl methyl sites for hydroxylation is 1. The second-order valence-corrected chi connectivity index (χ2v) is 4.99. The van der Waals surface area contributed by atoms with Crippen molar-refractivity contribution in [2.75, 3.05) is 0 Å². The highest BCUT2D eigenvalue weighted by molar-refractivity contribution is 9.10. The number of hydrogen-bond acceptors (Lipinski definition) is 1. The van der Waals surface area contributed by atoms with Gasteiger partial charge < -0.3 is 4.42 Å². The smallest absolute Gasteiger partial charge is 0.169 e. The molecule has 1 aromatic heterocycles. The van der Waals surface area contributed by atoms with Gasteiger partial charge in [0.25, 0.3) is 0 Å². The van der Waals surface area contributed by atoms with Crippen molar-refractivity contribution < 1.29 is 4.42 Å². The predicted octanol–water partition coefficient (Wildman–Crippen LogP) is 3.68. The molecule has 1 atom stereocenters. The van der Waals surface area contributed by atoms with Crippen LogP contribution in [0.3, 0.4) is 0 Å². The maximum Gasteiger partial charge on any atom is 0.169 e. The fourth-order valence-corrected chi connectivity index (χ4v) is 1.77. The summed E-state index contributed by atoms with van der Waals surface area (Å²) < 4.78 is 6.23. The highest BCUT2D eigenvalue weighted by atomic mass is 79.9. The topological polar surface area (TPSA) is 13.1 Å². The first-order chi connectivity index (χ1) is 5.09. The normalized spacial score (nSPS) is 13.5. The van der Waals surface area contributed by atoms with Crippen molar-refractivity contribution in [2.45, 2.75) is 25.1 Å². The van der Waals surface area contributed by atoms with Crippen molar-refractivity contribution in [2.24, 2.45) is 0 Å². The Kier molecular flexibility index (Phi) is 3.19. The van der Waals surface area contributed by atoms with Gasteiger partial charge in [0.1, 0.15) is 5.76 Å². The van der Waals surface area contributed by atoms with Crippen LogP contribution in [0.1, 0.15) is 18.2 Å². The molecule has 0 aromatic carbocycles. The summed E-state index contributed by atoms with van der Waals surface area (Å²) in [6, 6.07) is 1.99. The molecule has 0 N–H and O–H groups in total. The lowest BCUT2D eigenvalue weighted by molar-refractivity contribution is 0.485. The molecule has 1 rings (SSSR count). The molecule has 3 heteroatoms. The van der Waals surface area contributed by atoms with E-state index in [2.05, 4.69) is 45.7 Å². The van der Waals surface area contributed by atoms with Crippen molar-refractivity contribution in [3.05, 3.63) is 22.1 Å². The van der Waals surface area contributed by atoms with E-state index in [4.69, 9.17) is 4.42 Å². The lowest BCUT2D eigenvalue weighted by atomic mass is 10.2. The zero-order valence-corrected chi connectivity index (χ0v) is 9.70. The third-order valence-corrected chi connectivity index (χ3v) is 2.17. The van der Waals surface area contributed by atoms with Crippen LogP contribution in [-0.2, 0) is 6.42 Å². The summed E-state index contributed by atoms with van der Waals surface area (Å²) in [4.78, 5) is 0.472. The molecular weight excluding hydrogens is 272 g/mol. The summed E-state index contributed by atoms with van der Waals surface area (Å²) in [7, 11) is 0. The van der Waals surface area contributed by atoms with Crippen molar-refractivity contribution >= 4 is 31.9 Å². The molecule has 1 nitrogen and oxygen atoms in total. The highest BCUT2D eigenvalue weighted by Crippen LogP contribution is 2.21. The quantitative estimate of drug-likeness (QED) is 0.754. The molecule has 0 aliphatic carbocycles. The molecule has 0 bridgehead atoms. The van der Waals surface area contributed by atoms with E-state index < -0.39 is 0 Å². The number of halogens is 2. The Labute approximate surface area is 83.4 Å². The number of alkyl halides is 1. The second kappa shape index (κ2) is 3.76. The molecule has 0 aliphatic rings. The molecule has 1 heterocycles. The predicted molar refractivity (Wildman–Crippen MR) is 53.2 cm³/mol.